The van der Waals surface area contributed by atoms with Crippen LogP contribution in [-0.2, 0) is 19.6 Å². The summed E-state index contributed by atoms with van der Waals surface area (Å²) < 4.78 is 66.7. The minimum Gasteiger partial charge on any atom is -0.368 e. The van der Waals surface area contributed by atoms with E-state index in [0.29, 0.717) is 18.7 Å². The van der Waals surface area contributed by atoms with Gasteiger partial charge in [0.25, 0.3) is 5.91 Å². The third kappa shape index (κ3) is 6.00. The zero-order valence-electron chi connectivity index (χ0n) is 12.6. The van der Waals surface area contributed by atoms with E-state index in [1.54, 1.807) is 0 Å². The van der Waals surface area contributed by atoms with Gasteiger partial charge < -0.3 is 10.1 Å². The summed E-state index contributed by atoms with van der Waals surface area (Å²) in [6.07, 6.45) is -4.99. The number of hydrogen-bond donors (Lipinski definition) is 2. The number of carbonyl (C=O) groups is 1. The van der Waals surface area contributed by atoms with Crippen LogP contribution in [0.1, 0.15) is 19.3 Å². The van der Waals surface area contributed by atoms with Crippen molar-refractivity contribution in [2.24, 2.45) is 0 Å². The largest absolute Gasteiger partial charge is 0.390 e. The molecule has 134 valence electrons. The lowest BCUT2D eigenvalue weighted by Crippen LogP contribution is -2.26. The maximum absolute atomic E-state index is 12.1. The highest BCUT2D eigenvalue weighted by Gasteiger charge is 2.30. The second-order valence-electron chi connectivity index (χ2n) is 5.35. The minimum atomic E-state index is -4.54. The SMILES string of the molecule is O=C(Nc1ccc(NS(=O)(=O)CCC(F)(F)F)cc1)[C@@H]1CCCO1. The predicted octanol–water partition coefficient (Wildman–Crippen LogP) is 2.50. The Morgan fingerprint density at radius 3 is 2.38 bits per heavy atom. The monoisotopic (exact) mass is 366 g/mol. The van der Waals surface area contributed by atoms with Crippen LogP contribution in [0.3, 0.4) is 0 Å². The minimum absolute atomic E-state index is 0.118. The van der Waals surface area contributed by atoms with Crippen LogP contribution in [0.2, 0.25) is 0 Å². The van der Waals surface area contributed by atoms with Crippen molar-refractivity contribution < 1.29 is 31.1 Å². The maximum atomic E-state index is 12.1. The van der Waals surface area contributed by atoms with Crippen LogP contribution < -0.4 is 10.0 Å². The van der Waals surface area contributed by atoms with Gasteiger partial charge in [-0.1, -0.05) is 0 Å². The Balaban J connectivity index is 1.90. The molecule has 1 aromatic rings. The first kappa shape index (κ1) is 18.5. The number of carbonyl (C=O) groups excluding carboxylic acids is 1. The number of halogens is 3. The highest BCUT2D eigenvalue weighted by Crippen LogP contribution is 2.22. The molecule has 1 aromatic carbocycles. The maximum Gasteiger partial charge on any atom is 0.390 e. The van der Waals surface area contributed by atoms with Gasteiger partial charge in [-0.05, 0) is 37.1 Å². The Labute approximate surface area is 137 Å². The fourth-order valence-corrected chi connectivity index (χ4v) is 3.21. The van der Waals surface area contributed by atoms with Crippen molar-refractivity contribution in [3.05, 3.63) is 24.3 Å². The smallest absolute Gasteiger partial charge is 0.368 e. The van der Waals surface area contributed by atoms with Gasteiger partial charge in [0.15, 0.2) is 0 Å². The Hall–Kier alpha value is -1.81. The van der Waals surface area contributed by atoms with Crippen LogP contribution in [0.5, 0.6) is 0 Å². The molecule has 0 bridgehead atoms. The fourth-order valence-electron chi connectivity index (χ4n) is 2.11. The van der Waals surface area contributed by atoms with E-state index in [4.69, 9.17) is 4.74 Å². The molecule has 1 heterocycles. The topological polar surface area (TPSA) is 84.5 Å². The number of amides is 1. The van der Waals surface area contributed by atoms with Crippen molar-refractivity contribution >= 4 is 27.3 Å². The van der Waals surface area contributed by atoms with Crippen molar-refractivity contribution in [1.82, 2.24) is 0 Å². The van der Waals surface area contributed by atoms with Gasteiger partial charge in [0, 0.05) is 18.0 Å². The van der Waals surface area contributed by atoms with Gasteiger partial charge in [-0.25, -0.2) is 8.42 Å². The number of benzene rings is 1. The van der Waals surface area contributed by atoms with Crippen LogP contribution in [0.4, 0.5) is 24.5 Å². The zero-order chi connectivity index (χ0) is 17.8. The summed E-state index contributed by atoms with van der Waals surface area (Å²) in [6, 6.07) is 5.62. The molecule has 2 rings (SSSR count). The molecular formula is C14H17F3N2O4S. The molecule has 1 atom stereocenters. The number of rotatable bonds is 6. The molecule has 0 radical (unpaired) electrons. The molecule has 1 amide bonds. The summed E-state index contributed by atoms with van der Waals surface area (Å²) in [5.41, 5.74) is 0.557. The van der Waals surface area contributed by atoms with E-state index in [9.17, 15) is 26.4 Å². The van der Waals surface area contributed by atoms with Gasteiger partial charge in [0.2, 0.25) is 10.0 Å². The molecule has 0 aromatic heterocycles. The quantitative estimate of drug-likeness (QED) is 0.810. The third-order valence-electron chi connectivity index (χ3n) is 3.30. The van der Waals surface area contributed by atoms with E-state index in [1.165, 1.54) is 24.3 Å². The van der Waals surface area contributed by atoms with Crippen molar-refractivity contribution in [2.45, 2.75) is 31.5 Å². The van der Waals surface area contributed by atoms with E-state index < -0.39 is 34.5 Å². The van der Waals surface area contributed by atoms with E-state index in [1.807, 2.05) is 0 Å². The summed E-state index contributed by atoms with van der Waals surface area (Å²) in [6.45, 7) is 0.538. The van der Waals surface area contributed by atoms with Gasteiger partial charge >= 0.3 is 6.18 Å². The van der Waals surface area contributed by atoms with Crippen LogP contribution in [0, 0.1) is 0 Å². The van der Waals surface area contributed by atoms with Crippen molar-refractivity contribution in [1.29, 1.82) is 0 Å². The van der Waals surface area contributed by atoms with Gasteiger partial charge in [-0.15, -0.1) is 0 Å². The van der Waals surface area contributed by atoms with E-state index >= 15 is 0 Å². The third-order valence-corrected chi connectivity index (χ3v) is 4.59. The Morgan fingerprint density at radius 1 is 1.21 bits per heavy atom. The Morgan fingerprint density at radius 2 is 1.83 bits per heavy atom. The number of alkyl halides is 3. The van der Waals surface area contributed by atoms with E-state index in [-0.39, 0.29) is 11.6 Å². The second kappa shape index (κ2) is 7.39. The molecule has 10 heteroatoms. The summed E-state index contributed by atoms with van der Waals surface area (Å²) in [5, 5.41) is 2.63. The molecule has 1 saturated heterocycles. The number of ether oxygens (including phenoxy) is 1. The first-order valence-electron chi connectivity index (χ1n) is 7.24. The average molecular weight is 366 g/mol. The summed E-state index contributed by atoms with van der Waals surface area (Å²) in [7, 11) is -4.09. The molecule has 0 unspecified atom stereocenters. The van der Waals surface area contributed by atoms with Crippen LogP contribution >= 0.6 is 0 Å². The lowest BCUT2D eigenvalue weighted by Gasteiger charge is -2.12. The molecule has 0 saturated carbocycles. The summed E-state index contributed by atoms with van der Waals surface area (Å²) in [5.74, 6) is -1.33. The number of nitrogens with one attached hydrogen (secondary N) is 2. The molecule has 1 fully saturated rings. The van der Waals surface area contributed by atoms with Crippen molar-refractivity contribution in [3.63, 3.8) is 0 Å². The number of anilines is 2. The zero-order valence-corrected chi connectivity index (χ0v) is 13.4. The Bertz CT molecular complexity index is 668. The van der Waals surface area contributed by atoms with Crippen LogP contribution in [0.15, 0.2) is 24.3 Å². The average Bonchev–Trinajstić information content (AvgIpc) is 3.01. The second-order valence-corrected chi connectivity index (χ2v) is 7.20. The van der Waals surface area contributed by atoms with Gasteiger partial charge in [0.1, 0.15) is 6.10 Å². The van der Waals surface area contributed by atoms with Gasteiger partial charge in [-0.2, -0.15) is 13.2 Å². The first-order valence-corrected chi connectivity index (χ1v) is 8.90. The number of hydrogen-bond acceptors (Lipinski definition) is 4. The molecule has 1 aliphatic heterocycles. The first-order chi connectivity index (χ1) is 11.1. The Kier molecular flexibility index (Phi) is 5.70. The highest BCUT2D eigenvalue weighted by molar-refractivity contribution is 7.92. The van der Waals surface area contributed by atoms with Crippen LogP contribution in [-0.4, -0.2) is 39.0 Å². The number of sulfonamides is 1. The molecule has 24 heavy (non-hydrogen) atoms. The van der Waals surface area contributed by atoms with Crippen LogP contribution in [0.25, 0.3) is 0 Å². The molecule has 1 aliphatic rings. The molecule has 0 aliphatic carbocycles. The molecule has 6 nitrogen and oxygen atoms in total. The summed E-state index contributed by atoms with van der Waals surface area (Å²) >= 11 is 0. The summed E-state index contributed by atoms with van der Waals surface area (Å²) in [4.78, 5) is 11.9. The standard InChI is InChI=1S/C14H17F3N2O4S/c15-14(16,17)7-9-24(21,22)19-11-5-3-10(4-6-11)18-13(20)12-2-1-8-23-12/h3-6,12,19H,1-2,7-9H2,(H,18,20)/t12-/m0/s1. The van der Waals surface area contributed by atoms with Crippen molar-refractivity contribution in [3.8, 4) is 0 Å². The highest BCUT2D eigenvalue weighted by atomic mass is 32.2. The van der Waals surface area contributed by atoms with E-state index in [2.05, 4.69) is 10.0 Å². The molecule has 0 spiro atoms. The van der Waals surface area contributed by atoms with E-state index in [0.717, 1.165) is 6.42 Å². The van der Waals surface area contributed by atoms with Gasteiger partial charge in [-0.3, -0.25) is 9.52 Å². The lowest BCUT2D eigenvalue weighted by molar-refractivity contribution is -0.130. The molecule has 2 N–H and O–H groups in total. The fraction of sp³-hybridized carbons (Fsp3) is 0.500. The van der Waals surface area contributed by atoms with Crippen molar-refractivity contribution in [2.75, 3.05) is 22.4 Å². The lowest BCUT2D eigenvalue weighted by atomic mass is 10.2. The molecular weight excluding hydrogens is 349 g/mol. The van der Waals surface area contributed by atoms with Gasteiger partial charge in [0.05, 0.1) is 12.2 Å². The normalized spacial score (nSPS) is 18.4. The predicted molar refractivity (Wildman–Crippen MR) is 82.1 cm³/mol.